The van der Waals surface area contributed by atoms with Crippen LogP contribution in [0.15, 0.2) is 10.7 Å². The highest BCUT2D eigenvalue weighted by Crippen LogP contribution is 2.21. The topological polar surface area (TPSA) is 25.8 Å². The molecule has 0 saturated carbocycles. The van der Waals surface area contributed by atoms with E-state index in [-0.39, 0.29) is 5.28 Å². The molecule has 0 bridgehead atoms. The van der Waals surface area contributed by atoms with Gasteiger partial charge in [-0.05, 0) is 27.5 Å². The zero-order chi connectivity index (χ0) is 8.43. The largest absolute Gasteiger partial charge is 0.225 e. The van der Waals surface area contributed by atoms with Crippen molar-refractivity contribution in [3.8, 4) is 0 Å². The van der Waals surface area contributed by atoms with Gasteiger partial charge in [0.15, 0.2) is 0 Å². The van der Waals surface area contributed by atoms with Crippen molar-refractivity contribution in [2.75, 3.05) is 0 Å². The van der Waals surface area contributed by atoms with Gasteiger partial charge in [0, 0.05) is 12.1 Å². The molecule has 1 radical (unpaired) electrons. The van der Waals surface area contributed by atoms with E-state index in [4.69, 9.17) is 11.6 Å². The van der Waals surface area contributed by atoms with Crippen molar-refractivity contribution in [1.29, 1.82) is 0 Å². The molecule has 0 saturated heterocycles. The van der Waals surface area contributed by atoms with Gasteiger partial charge in [0.25, 0.3) is 0 Å². The first-order valence-electron chi connectivity index (χ1n) is 3.10. The van der Waals surface area contributed by atoms with Gasteiger partial charge >= 0.3 is 0 Å². The molecule has 4 heteroatoms. The fraction of sp³-hybridized carbons (Fsp3) is 0.286. The van der Waals surface area contributed by atoms with Crippen molar-refractivity contribution >= 4 is 27.5 Å². The van der Waals surface area contributed by atoms with E-state index in [1.807, 2.05) is 13.8 Å². The van der Waals surface area contributed by atoms with E-state index in [1.54, 1.807) is 6.20 Å². The van der Waals surface area contributed by atoms with E-state index in [2.05, 4.69) is 25.9 Å². The van der Waals surface area contributed by atoms with Gasteiger partial charge in [-0.2, -0.15) is 0 Å². The first kappa shape index (κ1) is 8.94. The maximum absolute atomic E-state index is 5.60. The van der Waals surface area contributed by atoms with Crippen LogP contribution < -0.4 is 0 Å². The third-order valence-electron chi connectivity index (χ3n) is 1.19. The molecule has 0 amide bonds. The van der Waals surface area contributed by atoms with Crippen molar-refractivity contribution in [3.63, 3.8) is 0 Å². The summed E-state index contributed by atoms with van der Waals surface area (Å²) in [5.41, 5.74) is 0.866. The van der Waals surface area contributed by atoms with Gasteiger partial charge in [-0.25, -0.2) is 9.97 Å². The minimum Gasteiger partial charge on any atom is -0.225 e. The van der Waals surface area contributed by atoms with E-state index in [0.29, 0.717) is 0 Å². The average Bonchev–Trinajstić information content (AvgIpc) is 1.94. The smallest absolute Gasteiger partial charge is 0.222 e. The standard InChI is InChI=1S/C7H7BrClN2/c1-4(2)6-5(8)3-10-7(9)11-6/h3H,1-2H3. The Morgan fingerprint density at radius 2 is 2.18 bits per heavy atom. The predicted octanol–water partition coefficient (Wildman–Crippen LogP) is 2.85. The Morgan fingerprint density at radius 1 is 1.55 bits per heavy atom. The highest BCUT2D eigenvalue weighted by molar-refractivity contribution is 9.10. The van der Waals surface area contributed by atoms with E-state index in [9.17, 15) is 0 Å². The first-order chi connectivity index (χ1) is 5.11. The second kappa shape index (κ2) is 3.50. The summed E-state index contributed by atoms with van der Waals surface area (Å²) in [6.45, 7) is 3.95. The summed E-state index contributed by atoms with van der Waals surface area (Å²) in [6.07, 6.45) is 1.65. The Kier molecular flexibility index (Phi) is 2.84. The molecular weight excluding hydrogens is 227 g/mol. The maximum Gasteiger partial charge on any atom is 0.222 e. The molecule has 0 unspecified atom stereocenters. The minimum absolute atomic E-state index is 0.282. The van der Waals surface area contributed by atoms with Gasteiger partial charge in [-0.3, -0.25) is 0 Å². The number of halogens is 2. The molecule has 1 rings (SSSR count). The van der Waals surface area contributed by atoms with Crippen LogP contribution in [0.4, 0.5) is 0 Å². The van der Waals surface area contributed by atoms with Crippen LogP contribution in [-0.2, 0) is 0 Å². The van der Waals surface area contributed by atoms with Crippen LogP contribution >= 0.6 is 27.5 Å². The zero-order valence-corrected chi connectivity index (χ0v) is 8.57. The highest BCUT2D eigenvalue weighted by atomic mass is 79.9. The SMILES string of the molecule is C[C](C)c1nc(Cl)ncc1Br. The fourth-order valence-electron chi connectivity index (χ4n) is 0.696. The molecule has 0 atom stereocenters. The molecule has 0 aliphatic rings. The lowest BCUT2D eigenvalue weighted by molar-refractivity contribution is 1.00. The number of nitrogens with zero attached hydrogens (tertiary/aromatic N) is 2. The monoisotopic (exact) mass is 233 g/mol. The van der Waals surface area contributed by atoms with Gasteiger partial charge in [0.2, 0.25) is 5.28 Å². The maximum atomic E-state index is 5.60. The Labute approximate surface area is 79.1 Å². The molecule has 1 aromatic heterocycles. The Morgan fingerprint density at radius 3 is 2.64 bits per heavy atom. The fourth-order valence-corrected chi connectivity index (χ4v) is 1.42. The van der Waals surface area contributed by atoms with Crippen LogP contribution in [0.25, 0.3) is 0 Å². The Hall–Kier alpha value is -0.150. The Bertz CT molecular complexity index is 263. The van der Waals surface area contributed by atoms with Gasteiger partial charge in [0.05, 0.1) is 10.2 Å². The lowest BCUT2D eigenvalue weighted by Gasteiger charge is -2.04. The van der Waals surface area contributed by atoms with Crippen LogP contribution in [0.2, 0.25) is 5.28 Å². The summed E-state index contributed by atoms with van der Waals surface area (Å²) >= 11 is 8.93. The average molecular weight is 235 g/mol. The molecule has 2 nitrogen and oxygen atoms in total. The number of aromatic nitrogens is 2. The quantitative estimate of drug-likeness (QED) is 0.698. The van der Waals surface area contributed by atoms with Crippen LogP contribution in [0.1, 0.15) is 19.5 Å². The molecule has 0 aliphatic carbocycles. The van der Waals surface area contributed by atoms with E-state index in [1.165, 1.54) is 0 Å². The van der Waals surface area contributed by atoms with Gasteiger partial charge in [0.1, 0.15) is 0 Å². The third-order valence-corrected chi connectivity index (χ3v) is 1.95. The van der Waals surface area contributed by atoms with Crippen LogP contribution in [-0.4, -0.2) is 9.97 Å². The van der Waals surface area contributed by atoms with Crippen LogP contribution in [0, 0.1) is 5.92 Å². The van der Waals surface area contributed by atoms with Crippen molar-refractivity contribution in [3.05, 3.63) is 27.6 Å². The third kappa shape index (κ3) is 2.14. The second-order valence-corrected chi connectivity index (χ2v) is 3.53. The second-order valence-electron chi connectivity index (χ2n) is 2.34. The van der Waals surface area contributed by atoms with Gasteiger partial charge in [-0.1, -0.05) is 13.8 Å². The number of hydrogen-bond donors (Lipinski definition) is 0. The summed E-state index contributed by atoms with van der Waals surface area (Å²) in [7, 11) is 0. The predicted molar refractivity (Wildman–Crippen MR) is 48.4 cm³/mol. The lowest BCUT2D eigenvalue weighted by atomic mass is 10.1. The van der Waals surface area contributed by atoms with E-state index in [0.717, 1.165) is 16.1 Å². The zero-order valence-electron chi connectivity index (χ0n) is 6.23. The normalized spacial score (nSPS) is 10.6. The summed E-state index contributed by atoms with van der Waals surface area (Å²) in [6, 6.07) is 0. The van der Waals surface area contributed by atoms with Crippen LogP contribution in [0.3, 0.4) is 0 Å². The molecule has 0 aromatic carbocycles. The van der Waals surface area contributed by atoms with Gasteiger partial charge in [-0.15, -0.1) is 0 Å². The number of hydrogen-bond acceptors (Lipinski definition) is 2. The summed E-state index contributed by atoms with van der Waals surface area (Å²) in [5.74, 6) is 1.11. The van der Waals surface area contributed by atoms with Crippen molar-refractivity contribution in [1.82, 2.24) is 9.97 Å². The van der Waals surface area contributed by atoms with Gasteiger partial charge < -0.3 is 0 Å². The Balaban J connectivity index is 3.13. The van der Waals surface area contributed by atoms with E-state index >= 15 is 0 Å². The molecule has 0 N–H and O–H groups in total. The lowest BCUT2D eigenvalue weighted by Crippen LogP contribution is -1.96. The van der Waals surface area contributed by atoms with Crippen molar-refractivity contribution in [2.24, 2.45) is 0 Å². The van der Waals surface area contributed by atoms with Crippen molar-refractivity contribution in [2.45, 2.75) is 13.8 Å². The molecule has 0 fully saturated rings. The van der Waals surface area contributed by atoms with Crippen molar-refractivity contribution < 1.29 is 0 Å². The summed E-state index contributed by atoms with van der Waals surface area (Å²) in [4.78, 5) is 7.86. The molecule has 11 heavy (non-hydrogen) atoms. The number of rotatable bonds is 1. The van der Waals surface area contributed by atoms with Crippen LogP contribution in [0.5, 0.6) is 0 Å². The first-order valence-corrected chi connectivity index (χ1v) is 4.27. The summed E-state index contributed by atoms with van der Waals surface area (Å²) < 4.78 is 0.877. The molecule has 59 valence electrons. The minimum atomic E-state index is 0.282. The highest BCUT2D eigenvalue weighted by Gasteiger charge is 2.07. The molecule has 1 heterocycles. The molecular formula is C7H7BrClN2. The molecule has 0 spiro atoms. The molecule has 0 aliphatic heterocycles. The summed E-state index contributed by atoms with van der Waals surface area (Å²) in [5, 5.41) is 0.282. The molecule has 1 aromatic rings. The van der Waals surface area contributed by atoms with E-state index < -0.39 is 0 Å².